The zero-order valence-corrected chi connectivity index (χ0v) is 11.7. The highest BCUT2D eigenvalue weighted by Crippen LogP contribution is 2.29. The molecule has 1 aromatic heterocycles. The molecule has 1 aromatic rings. The zero-order chi connectivity index (χ0) is 13.8. The van der Waals surface area contributed by atoms with E-state index in [4.69, 9.17) is 10.5 Å². The summed E-state index contributed by atoms with van der Waals surface area (Å²) in [4.78, 5) is 26.0. The number of carbonyl (C=O) groups is 2. The van der Waals surface area contributed by atoms with E-state index in [1.54, 1.807) is 18.1 Å². The molecule has 0 radical (unpaired) electrons. The third-order valence-electron chi connectivity index (χ3n) is 3.37. The quantitative estimate of drug-likeness (QED) is 0.912. The summed E-state index contributed by atoms with van der Waals surface area (Å²) in [7, 11) is 1.55. The molecule has 0 aromatic carbocycles. The Labute approximate surface area is 116 Å². The van der Waals surface area contributed by atoms with Crippen molar-refractivity contribution in [2.45, 2.75) is 31.7 Å². The lowest BCUT2D eigenvalue weighted by Gasteiger charge is -2.35. The van der Waals surface area contributed by atoms with E-state index in [0.717, 1.165) is 19.3 Å². The van der Waals surface area contributed by atoms with Gasteiger partial charge < -0.3 is 15.4 Å². The Balaban J connectivity index is 2.17. The van der Waals surface area contributed by atoms with E-state index < -0.39 is 0 Å². The summed E-state index contributed by atoms with van der Waals surface area (Å²) < 4.78 is 5.18. The molecule has 0 saturated carbocycles. The van der Waals surface area contributed by atoms with E-state index in [2.05, 4.69) is 0 Å². The predicted molar refractivity (Wildman–Crippen MR) is 73.4 cm³/mol. The number of rotatable bonds is 4. The number of primary amides is 1. The fourth-order valence-corrected chi connectivity index (χ4v) is 3.27. The fraction of sp³-hybridized carbons (Fsp3) is 0.538. The van der Waals surface area contributed by atoms with Gasteiger partial charge in [0, 0.05) is 19.0 Å². The molecule has 1 aliphatic heterocycles. The van der Waals surface area contributed by atoms with Gasteiger partial charge in [0.05, 0.1) is 7.11 Å². The Morgan fingerprint density at radius 1 is 1.53 bits per heavy atom. The van der Waals surface area contributed by atoms with Crippen molar-refractivity contribution in [3.8, 4) is 5.75 Å². The topological polar surface area (TPSA) is 72.6 Å². The molecule has 6 heteroatoms. The van der Waals surface area contributed by atoms with Crippen LogP contribution in [0, 0.1) is 0 Å². The van der Waals surface area contributed by atoms with Gasteiger partial charge in [0.1, 0.15) is 10.6 Å². The van der Waals surface area contributed by atoms with Crippen LogP contribution in [0.2, 0.25) is 0 Å². The first kappa shape index (κ1) is 13.9. The number of likely N-dealkylation sites (tertiary alicyclic amines) is 1. The number of amides is 2. The van der Waals surface area contributed by atoms with Crippen molar-refractivity contribution < 1.29 is 14.3 Å². The van der Waals surface area contributed by atoms with Gasteiger partial charge in [-0.1, -0.05) is 0 Å². The third-order valence-corrected chi connectivity index (χ3v) is 4.25. The molecular formula is C13H18N2O3S. The SMILES string of the molecule is COc1ccsc1C(=O)N1CCCC[C@H]1CC(N)=O. The highest BCUT2D eigenvalue weighted by molar-refractivity contribution is 7.12. The van der Waals surface area contributed by atoms with E-state index in [1.165, 1.54) is 11.3 Å². The number of nitrogens with two attached hydrogens (primary N) is 1. The molecule has 104 valence electrons. The normalized spacial score (nSPS) is 19.2. The van der Waals surface area contributed by atoms with Crippen molar-refractivity contribution in [3.63, 3.8) is 0 Å². The lowest BCUT2D eigenvalue weighted by molar-refractivity contribution is -0.119. The Bertz CT molecular complexity index is 472. The Morgan fingerprint density at radius 3 is 3.00 bits per heavy atom. The largest absolute Gasteiger partial charge is 0.495 e. The molecule has 5 nitrogen and oxygen atoms in total. The monoisotopic (exact) mass is 282 g/mol. The zero-order valence-electron chi connectivity index (χ0n) is 10.9. The van der Waals surface area contributed by atoms with Crippen LogP contribution in [0.4, 0.5) is 0 Å². The summed E-state index contributed by atoms with van der Waals surface area (Å²) >= 11 is 1.36. The Hall–Kier alpha value is -1.56. The standard InChI is InChI=1S/C13H18N2O3S/c1-18-10-5-7-19-12(10)13(17)15-6-3-2-4-9(15)8-11(14)16/h5,7,9H,2-4,6,8H2,1H3,(H2,14,16)/t9-/m0/s1. The van der Waals surface area contributed by atoms with Crippen molar-refractivity contribution in [3.05, 3.63) is 16.3 Å². The average Bonchev–Trinajstić information content (AvgIpc) is 2.86. The van der Waals surface area contributed by atoms with E-state index in [0.29, 0.717) is 17.2 Å². The Morgan fingerprint density at radius 2 is 2.32 bits per heavy atom. The van der Waals surface area contributed by atoms with Crippen molar-refractivity contribution in [1.82, 2.24) is 4.90 Å². The molecule has 2 N–H and O–H groups in total. The summed E-state index contributed by atoms with van der Waals surface area (Å²) in [5.74, 6) is 0.180. The summed E-state index contributed by atoms with van der Waals surface area (Å²) in [6, 6.07) is 1.70. The van der Waals surface area contributed by atoms with E-state index in [9.17, 15) is 9.59 Å². The molecule has 0 aliphatic carbocycles. The van der Waals surface area contributed by atoms with Crippen LogP contribution < -0.4 is 10.5 Å². The number of methoxy groups -OCH3 is 1. The van der Waals surface area contributed by atoms with Crippen LogP contribution >= 0.6 is 11.3 Å². The van der Waals surface area contributed by atoms with Crippen molar-refractivity contribution in [2.75, 3.05) is 13.7 Å². The molecule has 2 rings (SSSR count). The molecule has 1 aliphatic rings. The number of nitrogens with zero attached hydrogens (tertiary/aromatic N) is 1. The van der Waals surface area contributed by atoms with Gasteiger partial charge in [-0.3, -0.25) is 9.59 Å². The maximum absolute atomic E-state index is 12.5. The van der Waals surface area contributed by atoms with Crippen molar-refractivity contribution in [1.29, 1.82) is 0 Å². The van der Waals surface area contributed by atoms with Gasteiger partial charge in [-0.2, -0.15) is 0 Å². The second-order valence-electron chi connectivity index (χ2n) is 4.64. The minimum absolute atomic E-state index is 0.0576. The number of hydrogen-bond donors (Lipinski definition) is 1. The van der Waals surface area contributed by atoms with E-state index in [-0.39, 0.29) is 24.3 Å². The molecule has 2 heterocycles. The van der Waals surface area contributed by atoms with E-state index in [1.807, 2.05) is 5.38 Å². The summed E-state index contributed by atoms with van der Waals surface area (Å²) in [6.07, 6.45) is 3.07. The minimum Gasteiger partial charge on any atom is -0.495 e. The Kier molecular flexibility index (Phi) is 4.42. The van der Waals surface area contributed by atoms with E-state index >= 15 is 0 Å². The summed E-state index contributed by atoms with van der Waals surface area (Å²) in [5, 5.41) is 1.83. The molecular weight excluding hydrogens is 264 g/mol. The van der Waals surface area contributed by atoms with Gasteiger partial charge in [0.15, 0.2) is 0 Å². The van der Waals surface area contributed by atoms with Crippen LogP contribution in [-0.2, 0) is 4.79 Å². The highest BCUT2D eigenvalue weighted by atomic mass is 32.1. The third kappa shape index (κ3) is 3.07. The summed E-state index contributed by atoms with van der Waals surface area (Å²) in [6.45, 7) is 0.678. The second kappa shape index (κ2) is 6.06. The van der Waals surface area contributed by atoms with Gasteiger partial charge in [-0.05, 0) is 30.7 Å². The average molecular weight is 282 g/mol. The number of thiophene rings is 1. The van der Waals surface area contributed by atoms with Crippen LogP contribution in [0.5, 0.6) is 5.75 Å². The first-order chi connectivity index (χ1) is 9.13. The molecule has 0 spiro atoms. The van der Waals surface area contributed by atoms with Crippen LogP contribution in [0.3, 0.4) is 0 Å². The highest BCUT2D eigenvalue weighted by Gasteiger charge is 2.30. The molecule has 2 amide bonds. The maximum Gasteiger partial charge on any atom is 0.268 e. The second-order valence-corrected chi connectivity index (χ2v) is 5.55. The predicted octanol–water partition coefficient (Wildman–Crippen LogP) is 1.63. The van der Waals surface area contributed by atoms with Gasteiger partial charge in [0.2, 0.25) is 5.91 Å². The van der Waals surface area contributed by atoms with Crippen LogP contribution in [-0.4, -0.2) is 36.4 Å². The van der Waals surface area contributed by atoms with Gasteiger partial charge in [-0.15, -0.1) is 11.3 Å². The van der Waals surface area contributed by atoms with Gasteiger partial charge >= 0.3 is 0 Å². The fourth-order valence-electron chi connectivity index (χ4n) is 2.46. The van der Waals surface area contributed by atoms with Crippen molar-refractivity contribution >= 4 is 23.2 Å². The first-order valence-electron chi connectivity index (χ1n) is 6.34. The maximum atomic E-state index is 12.5. The smallest absolute Gasteiger partial charge is 0.268 e. The molecule has 1 fully saturated rings. The molecule has 0 unspecified atom stereocenters. The van der Waals surface area contributed by atoms with Crippen LogP contribution in [0.15, 0.2) is 11.4 Å². The van der Waals surface area contributed by atoms with Crippen LogP contribution in [0.25, 0.3) is 0 Å². The first-order valence-corrected chi connectivity index (χ1v) is 7.22. The lowest BCUT2D eigenvalue weighted by Crippen LogP contribution is -2.45. The number of hydrogen-bond acceptors (Lipinski definition) is 4. The number of carbonyl (C=O) groups excluding carboxylic acids is 2. The van der Waals surface area contributed by atoms with Gasteiger partial charge in [-0.25, -0.2) is 0 Å². The molecule has 0 bridgehead atoms. The minimum atomic E-state index is -0.358. The lowest BCUT2D eigenvalue weighted by atomic mass is 9.99. The van der Waals surface area contributed by atoms with Crippen molar-refractivity contribution in [2.24, 2.45) is 5.73 Å². The number of piperidine rings is 1. The van der Waals surface area contributed by atoms with Gasteiger partial charge in [0.25, 0.3) is 5.91 Å². The summed E-state index contributed by atoms with van der Waals surface area (Å²) in [5.41, 5.74) is 5.26. The number of ether oxygens (including phenoxy) is 1. The molecule has 1 atom stereocenters. The molecule has 1 saturated heterocycles. The van der Waals surface area contributed by atoms with Crippen LogP contribution in [0.1, 0.15) is 35.4 Å². The molecule has 19 heavy (non-hydrogen) atoms.